The molecule has 0 fully saturated rings. The summed E-state index contributed by atoms with van der Waals surface area (Å²) in [4.78, 5) is 12.5. The van der Waals surface area contributed by atoms with Gasteiger partial charge in [-0.05, 0) is 24.6 Å². The molecule has 4 rings (SSSR count). The molecule has 13 nitrogen and oxygen atoms in total. The minimum Gasteiger partial charge on any atom is -0.369 e. The standard InChI is InChI=1S/C19H21N9O4S2/c29-33(30)16-7-3-6-15(11-16)26-18-21-12-14(17(27-18)20-8-4-10-24-33)5-1-2-9-25-34(31,32)19-22-13-23-28-19/h3,6-7,11-13,24-25H,2,4,8-10H2,(H,22,23,28)(H2,20,21,26,27). The van der Waals surface area contributed by atoms with Gasteiger partial charge in [-0.25, -0.2) is 41.3 Å². The van der Waals surface area contributed by atoms with Gasteiger partial charge < -0.3 is 10.6 Å². The predicted molar refractivity (Wildman–Crippen MR) is 123 cm³/mol. The summed E-state index contributed by atoms with van der Waals surface area (Å²) in [6, 6.07) is 6.36. The van der Waals surface area contributed by atoms with Gasteiger partial charge in [0.1, 0.15) is 12.1 Å². The van der Waals surface area contributed by atoms with E-state index in [2.05, 4.69) is 57.1 Å². The zero-order valence-corrected chi connectivity index (χ0v) is 19.4. The van der Waals surface area contributed by atoms with Gasteiger partial charge in [0.2, 0.25) is 16.0 Å². The van der Waals surface area contributed by atoms with Crippen molar-refractivity contribution in [3.63, 3.8) is 0 Å². The van der Waals surface area contributed by atoms with Crippen molar-refractivity contribution in [1.82, 2.24) is 34.6 Å². The van der Waals surface area contributed by atoms with Crippen molar-refractivity contribution < 1.29 is 16.8 Å². The molecule has 0 saturated heterocycles. The lowest BCUT2D eigenvalue weighted by Crippen LogP contribution is -2.26. The Kier molecular flexibility index (Phi) is 7.03. The van der Waals surface area contributed by atoms with E-state index in [-0.39, 0.29) is 35.5 Å². The number of rotatable bonds is 4. The maximum absolute atomic E-state index is 12.4. The Morgan fingerprint density at radius 2 is 2.06 bits per heavy atom. The second-order valence-electron chi connectivity index (χ2n) is 7.03. The summed E-state index contributed by atoms with van der Waals surface area (Å²) in [6.07, 6.45) is 3.41. The lowest BCUT2D eigenvalue weighted by Gasteiger charge is -2.10. The van der Waals surface area contributed by atoms with Crippen LogP contribution in [0.4, 0.5) is 17.5 Å². The first kappa shape index (κ1) is 23.6. The maximum atomic E-state index is 12.4. The summed E-state index contributed by atoms with van der Waals surface area (Å²) >= 11 is 0. The van der Waals surface area contributed by atoms with E-state index in [9.17, 15) is 16.8 Å². The first-order valence-corrected chi connectivity index (χ1v) is 13.1. The topological polar surface area (TPSA) is 184 Å². The Bertz CT molecular complexity index is 1430. The van der Waals surface area contributed by atoms with Crippen molar-refractivity contribution in [3.8, 4) is 11.8 Å². The van der Waals surface area contributed by atoms with Gasteiger partial charge in [0.05, 0.1) is 16.7 Å². The van der Waals surface area contributed by atoms with Crippen LogP contribution >= 0.6 is 0 Å². The maximum Gasteiger partial charge on any atom is 0.275 e. The highest BCUT2D eigenvalue weighted by Gasteiger charge is 2.16. The molecule has 0 saturated carbocycles. The number of H-pyrrole nitrogens is 1. The van der Waals surface area contributed by atoms with Gasteiger partial charge >= 0.3 is 0 Å². The lowest BCUT2D eigenvalue weighted by molar-refractivity contribution is 0.573. The van der Waals surface area contributed by atoms with E-state index in [4.69, 9.17) is 0 Å². The highest BCUT2D eigenvalue weighted by molar-refractivity contribution is 7.89. The average molecular weight is 504 g/mol. The molecule has 0 atom stereocenters. The quantitative estimate of drug-likeness (QED) is 0.243. The van der Waals surface area contributed by atoms with Gasteiger partial charge in [0, 0.05) is 31.7 Å². The molecule has 178 valence electrons. The van der Waals surface area contributed by atoms with Crippen molar-refractivity contribution in [1.29, 1.82) is 0 Å². The van der Waals surface area contributed by atoms with Crippen LogP contribution in [0.3, 0.4) is 0 Å². The van der Waals surface area contributed by atoms with Crippen LogP contribution in [-0.4, -0.2) is 61.6 Å². The molecule has 3 aromatic rings. The van der Waals surface area contributed by atoms with E-state index >= 15 is 0 Å². The monoisotopic (exact) mass is 503 g/mol. The number of nitrogens with zero attached hydrogens (tertiary/aromatic N) is 4. The third-order valence-electron chi connectivity index (χ3n) is 4.54. The number of anilines is 3. The normalized spacial score (nSPS) is 15.3. The van der Waals surface area contributed by atoms with E-state index in [1.54, 1.807) is 18.3 Å². The predicted octanol–water partition coefficient (Wildman–Crippen LogP) is 0.152. The fourth-order valence-corrected chi connectivity index (χ4v) is 4.91. The second kappa shape index (κ2) is 10.1. The Balaban J connectivity index is 1.48. The highest BCUT2D eigenvalue weighted by atomic mass is 32.2. The average Bonchev–Trinajstić information content (AvgIpc) is 3.36. The first-order valence-electron chi connectivity index (χ1n) is 10.2. The number of sulfonamides is 2. The van der Waals surface area contributed by atoms with Crippen LogP contribution in [0.15, 0.2) is 46.8 Å². The molecule has 0 unspecified atom stereocenters. The molecule has 5 N–H and O–H groups in total. The fraction of sp³-hybridized carbons (Fsp3) is 0.263. The number of aromatic amines is 1. The Labute approximate surface area is 196 Å². The molecule has 0 amide bonds. The minimum absolute atomic E-state index is 0.0791. The Morgan fingerprint density at radius 1 is 1.18 bits per heavy atom. The molecule has 4 bridgehead atoms. The van der Waals surface area contributed by atoms with Gasteiger partial charge in [0.15, 0.2) is 0 Å². The van der Waals surface area contributed by atoms with Gasteiger partial charge in [-0.2, -0.15) is 10.1 Å². The van der Waals surface area contributed by atoms with Crippen LogP contribution in [-0.2, 0) is 20.0 Å². The molecular weight excluding hydrogens is 482 g/mol. The Hall–Kier alpha value is -3.58. The van der Waals surface area contributed by atoms with Crippen LogP contribution in [0.2, 0.25) is 0 Å². The van der Waals surface area contributed by atoms with E-state index in [1.165, 1.54) is 12.1 Å². The molecule has 0 spiro atoms. The van der Waals surface area contributed by atoms with Crippen LogP contribution < -0.4 is 20.1 Å². The van der Waals surface area contributed by atoms with E-state index in [0.29, 0.717) is 30.0 Å². The highest BCUT2D eigenvalue weighted by Crippen LogP contribution is 2.20. The molecule has 2 aromatic heterocycles. The van der Waals surface area contributed by atoms with Gasteiger partial charge in [-0.3, -0.25) is 0 Å². The third kappa shape index (κ3) is 5.85. The van der Waals surface area contributed by atoms with Crippen LogP contribution in [0.25, 0.3) is 0 Å². The molecule has 34 heavy (non-hydrogen) atoms. The van der Waals surface area contributed by atoms with E-state index in [1.807, 2.05) is 0 Å². The summed E-state index contributed by atoms with van der Waals surface area (Å²) in [5.74, 6) is 6.59. The number of hydrogen-bond donors (Lipinski definition) is 5. The smallest absolute Gasteiger partial charge is 0.275 e. The third-order valence-corrected chi connectivity index (χ3v) is 7.29. The van der Waals surface area contributed by atoms with Crippen LogP contribution in [0.5, 0.6) is 0 Å². The number of nitrogens with one attached hydrogen (secondary N) is 5. The molecule has 15 heteroatoms. The van der Waals surface area contributed by atoms with Crippen molar-refractivity contribution >= 4 is 37.5 Å². The van der Waals surface area contributed by atoms with Crippen molar-refractivity contribution in [2.24, 2.45) is 0 Å². The second-order valence-corrected chi connectivity index (χ2v) is 10.5. The zero-order chi connectivity index (χ0) is 24.0. The summed E-state index contributed by atoms with van der Waals surface area (Å²) in [5, 5.41) is 11.7. The Morgan fingerprint density at radius 3 is 2.88 bits per heavy atom. The van der Waals surface area contributed by atoms with Crippen molar-refractivity contribution in [2.75, 3.05) is 30.3 Å². The number of hydrogen-bond acceptors (Lipinski definition) is 10. The molecule has 0 aliphatic carbocycles. The summed E-state index contributed by atoms with van der Waals surface area (Å²) in [7, 11) is -7.39. The van der Waals surface area contributed by atoms with Crippen LogP contribution in [0, 0.1) is 11.8 Å². The van der Waals surface area contributed by atoms with Crippen molar-refractivity contribution in [3.05, 3.63) is 42.4 Å². The number of fused-ring (bicyclic) bond motifs is 4. The van der Waals surface area contributed by atoms with Gasteiger partial charge in [-0.1, -0.05) is 17.9 Å². The summed E-state index contributed by atoms with van der Waals surface area (Å²) < 4.78 is 53.9. The SMILES string of the molecule is O=S1(=O)NCCCNc2nc(ncc2C#CCCNS(=O)(=O)c2ncn[nH]2)Nc2cccc1c2. The molecule has 1 aliphatic rings. The first-order chi connectivity index (χ1) is 16.3. The fourth-order valence-electron chi connectivity index (χ4n) is 2.92. The van der Waals surface area contributed by atoms with E-state index < -0.39 is 20.0 Å². The molecular formula is C19H21N9O4S2. The molecule has 1 aromatic carbocycles. The summed E-state index contributed by atoms with van der Waals surface area (Å²) in [5.41, 5.74) is 1.04. The largest absolute Gasteiger partial charge is 0.369 e. The van der Waals surface area contributed by atoms with Gasteiger partial charge in [-0.15, -0.1) is 0 Å². The zero-order valence-electron chi connectivity index (χ0n) is 17.7. The number of benzene rings is 1. The van der Waals surface area contributed by atoms with Crippen LogP contribution in [0.1, 0.15) is 18.4 Å². The molecule has 3 heterocycles. The van der Waals surface area contributed by atoms with Gasteiger partial charge in [0.25, 0.3) is 15.2 Å². The lowest BCUT2D eigenvalue weighted by atomic mass is 10.3. The number of aromatic nitrogens is 5. The molecule has 1 aliphatic heterocycles. The minimum atomic E-state index is -3.77. The van der Waals surface area contributed by atoms with Crippen molar-refractivity contribution in [2.45, 2.75) is 22.9 Å². The van der Waals surface area contributed by atoms with E-state index in [0.717, 1.165) is 6.33 Å². The molecule has 0 radical (unpaired) electrons. The summed E-state index contributed by atoms with van der Waals surface area (Å²) in [6.45, 7) is 0.773.